The van der Waals surface area contributed by atoms with Crippen molar-refractivity contribution in [2.24, 2.45) is 0 Å². The van der Waals surface area contributed by atoms with Gasteiger partial charge in [0.25, 0.3) is 0 Å². The third kappa shape index (κ3) is 5.94. The van der Waals surface area contributed by atoms with Crippen molar-refractivity contribution < 1.29 is 9.53 Å². The molecule has 0 atom stereocenters. The molecule has 7 heteroatoms. The van der Waals surface area contributed by atoms with Crippen LogP contribution < -0.4 is 15.4 Å². The number of carbonyl (C=O) groups excluding carboxylic acids is 1. The maximum Gasteiger partial charge on any atom is 0.319 e. The van der Waals surface area contributed by atoms with E-state index >= 15 is 0 Å². The average Bonchev–Trinajstić information content (AvgIpc) is 2.70. The number of anilines is 1. The van der Waals surface area contributed by atoms with Gasteiger partial charge in [-0.2, -0.15) is 0 Å². The SMILES string of the molecule is COc1ncccc1NC(=O)NCCN1CCN(Cc2ccccc2)CC1. The van der Waals surface area contributed by atoms with Gasteiger partial charge in [0, 0.05) is 52.0 Å². The number of nitrogens with zero attached hydrogens (tertiary/aromatic N) is 3. The number of carbonyl (C=O) groups is 1. The van der Waals surface area contributed by atoms with Gasteiger partial charge in [0.15, 0.2) is 0 Å². The average molecular weight is 369 g/mol. The van der Waals surface area contributed by atoms with Gasteiger partial charge in [0.1, 0.15) is 5.69 Å². The first-order valence-electron chi connectivity index (χ1n) is 9.27. The first kappa shape index (κ1) is 19.1. The summed E-state index contributed by atoms with van der Waals surface area (Å²) in [4.78, 5) is 21.0. The van der Waals surface area contributed by atoms with Crippen LogP contribution in [0.25, 0.3) is 0 Å². The van der Waals surface area contributed by atoms with Crippen LogP contribution in [0, 0.1) is 0 Å². The molecule has 0 saturated carbocycles. The lowest BCUT2D eigenvalue weighted by Gasteiger charge is -2.34. The highest BCUT2D eigenvalue weighted by Crippen LogP contribution is 2.19. The topological polar surface area (TPSA) is 69.7 Å². The highest BCUT2D eigenvalue weighted by Gasteiger charge is 2.16. The van der Waals surface area contributed by atoms with Crippen LogP contribution in [-0.4, -0.2) is 67.2 Å². The number of nitrogens with one attached hydrogen (secondary N) is 2. The van der Waals surface area contributed by atoms with Crippen LogP contribution >= 0.6 is 0 Å². The largest absolute Gasteiger partial charge is 0.480 e. The molecule has 7 nitrogen and oxygen atoms in total. The zero-order valence-electron chi connectivity index (χ0n) is 15.7. The normalized spacial score (nSPS) is 15.3. The minimum absolute atomic E-state index is 0.246. The summed E-state index contributed by atoms with van der Waals surface area (Å²) in [7, 11) is 1.53. The Bertz CT molecular complexity index is 717. The first-order valence-corrected chi connectivity index (χ1v) is 9.27. The summed E-state index contributed by atoms with van der Waals surface area (Å²) >= 11 is 0. The summed E-state index contributed by atoms with van der Waals surface area (Å²) < 4.78 is 5.13. The molecular weight excluding hydrogens is 342 g/mol. The number of rotatable bonds is 7. The van der Waals surface area contributed by atoms with Crippen molar-refractivity contribution in [2.75, 3.05) is 51.7 Å². The van der Waals surface area contributed by atoms with Gasteiger partial charge in [-0.3, -0.25) is 9.80 Å². The molecule has 1 aliphatic rings. The van der Waals surface area contributed by atoms with Crippen molar-refractivity contribution in [1.29, 1.82) is 0 Å². The Morgan fingerprint density at radius 1 is 1.07 bits per heavy atom. The first-order chi connectivity index (χ1) is 13.2. The van der Waals surface area contributed by atoms with E-state index < -0.39 is 0 Å². The summed E-state index contributed by atoms with van der Waals surface area (Å²) in [6, 6.07) is 13.8. The molecule has 0 spiro atoms. The van der Waals surface area contributed by atoms with Crippen molar-refractivity contribution >= 4 is 11.7 Å². The van der Waals surface area contributed by atoms with Crippen molar-refractivity contribution in [1.82, 2.24) is 20.1 Å². The van der Waals surface area contributed by atoms with E-state index in [4.69, 9.17) is 4.74 Å². The number of hydrogen-bond donors (Lipinski definition) is 2. The predicted octanol–water partition coefficient (Wildman–Crippen LogP) is 2.03. The third-order valence-electron chi connectivity index (χ3n) is 4.64. The molecule has 0 aliphatic carbocycles. The number of amides is 2. The molecule has 1 aliphatic heterocycles. The lowest BCUT2D eigenvalue weighted by atomic mass is 10.2. The third-order valence-corrected chi connectivity index (χ3v) is 4.64. The Kier molecular flexibility index (Phi) is 7.01. The number of urea groups is 1. The van der Waals surface area contributed by atoms with Crippen molar-refractivity contribution in [2.45, 2.75) is 6.54 Å². The predicted molar refractivity (Wildman–Crippen MR) is 106 cm³/mol. The fourth-order valence-corrected chi connectivity index (χ4v) is 3.16. The number of ether oxygens (including phenoxy) is 1. The number of benzene rings is 1. The highest BCUT2D eigenvalue weighted by molar-refractivity contribution is 5.90. The Labute approximate surface area is 160 Å². The van der Waals surface area contributed by atoms with Crippen LogP contribution in [-0.2, 0) is 6.54 Å². The van der Waals surface area contributed by atoms with Gasteiger partial charge in [-0.05, 0) is 17.7 Å². The molecule has 144 valence electrons. The van der Waals surface area contributed by atoms with Crippen molar-refractivity contribution in [3.05, 3.63) is 54.2 Å². The van der Waals surface area contributed by atoms with E-state index in [0.29, 0.717) is 18.1 Å². The standard InChI is InChI=1S/C20H27N5O2/c1-27-19-18(8-5-9-21-19)23-20(26)22-10-11-24-12-14-25(15-13-24)16-17-6-3-2-4-7-17/h2-9H,10-16H2,1H3,(H2,22,23,26). The number of piperazine rings is 1. The molecular formula is C20H27N5O2. The minimum Gasteiger partial charge on any atom is -0.480 e. The lowest BCUT2D eigenvalue weighted by molar-refractivity contribution is 0.128. The van der Waals surface area contributed by atoms with E-state index in [9.17, 15) is 4.79 Å². The maximum atomic E-state index is 12.0. The molecule has 1 aromatic carbocycles. The van der Waals surface area contributed by atoms with Crippen LogP contribution in [0.5, 0.6) is 5.88 Å². The van der Waals surface area contributed by atoms with Crippen LogP contribution in [0.1, 0.15) is 5.56 Å². The van der Waals surface area contributed by atoms with Gasteiger partial charge in [-0.1, -0.05) is 30.3 Å². The summed E-state index contributed by atoms with van der Waals surface area (Å²) in [6.45, 7) is 6.59. The van der Waals surface area contributed by atoms with Crippen LogP contribution in [0.2, 0.25) is 0 Å². The van der Waals surface area contributed by atoms with Gasteiger partial charge in [-0.25, -0.2) is 9.78 Å². The lowest BCUT2D eigenvalue weighted by Crippen LogP contribution is -2.48. The van der Waals surface area contributed by atoms with Gasteiger partial charge >= 0.3 is 6.03 Å². The minimum atomic E-state index is -0.246. The van der Waals surface area contributed by atoms with Crippen molar-refractivity contribution in [3.8, 4) is 5.88 Å². The Morgan fingerprint density at radius 3 is 2.56 bits per heavy atom. The van der Waals surface area contributed by atoms with Gasteiger partial charge in [0.05, 0.1) is 7.11 Å². The fraction of sp³-hybridized carbons (Fsp3) is 0.400. The number of methoxy groups -OCH3 is 1. The van der Waals surface area contributed by atoms with E-state index in [-0.39, 0.29) is 6.03 Å². The summed E-state index contributed by atoms with van der Waals surface area (Å²) in [5, 5.41) is 5.66. The summed E-state index contributed by atoms with van der Waals surface area (Å²) in [5.74, 6) is 0.405. The highest BCUT2D eigenvalue weighted by atomic mass is 16.5. The second-order valence-corrected chi connectivity index (χ2v) is 6.54. The molecule has 2 heterocycles. The zero-order chi connectivity index (χ0) is 18.9. The van der Waals surface area contributed by atoms with Crippen LogP contribution in [0.3, 0.4) is 0 Å². The molecule has 1 fully saturated rings. The molecule has 1 saturated heterocycles. The second-order valence-electron chi connectivity index (χ2n) is 6.54. The number of aromatic nitrogens is 1. The fourth-order valence-electron chi connectivity index (χ4n) is 3.16. The molecule has 2 aromatic rings. The van der Waals surface area contributed by atoms with E-state index in [1.807, 2.05) is 0 Å². The van der Waals surface area contributed by atoms with E-state index in [1.54, 1.807) is 18.3 Å². The molecule has 0 unspecified atom stereocenters. The molecule has 1 aromatic heterocycles. The molecule has 0 bridgehead atoms. The van der Waals surface area contributed by atoms with Crippen LogP contribution in [0.15, 0.2) is 48.7 Å². The molecule has 3 rings (SSSR count). The number of hydrogen-bond acceptors (Lipinski definition) is 5. The smallest absolute Gasteiger partial charge is 0.319 e. The van der Waals surface area contributed by atoms with Gasteiger partial charge < -0.3 is 15.4 Å². The van der Waals surface area contributed by atoms with Crippen molar-refractivity contribution in [3.63, 3.8) is 0 Å². The van der Waals surface area contributed by atoms with E-state index in [2.05, 4.69) is 55.7 Å². The molecule has 2 amide bonds. The maximum absolute atomic E-state index is 12.0. The summed E-state index contributed by atoms with van der Waals surface area (Å²) in [6.07, 6.45) is 1.62. The van der Waals surface area contributed by atoms with E-state index in [1.165, 1.54) is 12.7 Å². The van der Waals surface area contributed by atoms with Gasteiger partial charge in [0.2, 0.25) is 5.88 Å². The number of pyridine rings is 1. The molecule has 27 heavy (non-hydrogen) atoms. The quantitative estimate of drug-likeness (QED) is 0.782. The summed E-state index contributed by atoms with van der Waals surface area (Å²) in [5.41, 5.74) is 1.92. The Hall–Kier alpha value is -2.64. The Morgan fingerprint density at radius 2 is 1.81 bits per heavy atom. The Balaban J connectivity index is 1.33. The van der Waals surface area contributed by atoms with E-state index in [0.717, 1.165) is 39.3 Å². The monoisotopic (exact) mass is 369 g/mol. The zero-order valence-corrected chi connectivity index (χ0v) is 15.7. The second kappa shape index (κ2) is 9.89. The molecule has 0 radical (unpaired) electrons. The van der Waals surface area contributed by atoms with Gasteiger partial charge in [-0.15, -0.1) is 0 Å². The molecule has 2 N–H and O–H groups in total. The van der Waals surface area contributed by atoms with Crippen LogP contribution in [0.4, 0.5) is 10.5 Å².